The summed E-state index contributed by atoms with van der Waals surface area (Å²) in [6, 6.07) is 14.5. The van der Waals surface area contributed by atoms with Crippen LogP contribution in [0.2, 0.25) is 0 Å². The molecule has 2 aromatic heterocycles. The average molecular weight is 529 g/mol. The molecule has 2 aromatic carbocycles. The van der Waals surface area contributed by atoms with Crippen molar-refractivity contribution < 1.29 is 22.7 Å². The van der Waals surface area contributed by atoms with Crippen LogP contribution in [0.5, 0.6) is 0 Å². The highest BCUT2D eigenvalue weighted by Crippen LogP contribution is 2.32. The number of hydrogen-bond donors (Lipinski definition) is 3. The van der Waals surface area contributed by atoms with Crippen LogP contribution in [0.1, 0.15) is 17.7 Å². The molecule has 2 unspecified atom stereocenters. The number of hydrogen-bond acceptors (Lipinski definition) is 7. The topological polar surface area (TPSA) is 101 Å². The molecule has 190 valence electrons. The van der Waals surface area contributed by atoms with Crippen LogP contribution in [0, 0.1) is 17.1 Å². The average Bonchev–Trinajstić information content (AvgIpc) is 3.30. The SMILES string of the molecule is N#Cc1n[nH]c2c(F)cc(-c3ccc(SN4CCC(Nc5ccc(C(F)(F)F)cn5)C(O)C4)cc3)cc12. The number of fused-ring (bicyclic) bond motifs is 1. The van der Waals surface area contributed by atoms with Gasteiger partial charge in [-0.3, -0.25) is 5.10 Å². The number of β-amino-alcohol motifs (C(OH)–C–C–N with tert-alkyl or cyclic N) is 1. The number of halogens is 4. The van der Waals surface area contributed by atoms with E-state index in [0.717, 1.165) is 22.7 Å². The van der Waals surface area contributed by atoms with Crippen LogP contribution in [-0.4, -0.2) is 49.8 Å². The predicted octanol–water partition coefficient (Wildman–Crippen LogP) is 5.21. The lowest BCUT2D eigenvalue weighted by molar-refractivity contribution is -0.137. The number of aromatic nitrogens is 3. The van der Waals surface area contributed by atoms with E-state index in [1.54, 1.807) is 6.07 Å². The van der Waals surface area contributed by atoms with Gasteiger partial charge in [-0.25, -0.2) is 13.7 Å². The number of H-pyrrole nitrogens is 1. The van der Waals surface area contributed by atoms with Gasteiger partial charge in [-0.05, 0) is 65.9 Å². The van der Waals surface area contributed by atoms with Crippen LogP contribution >= 0.6 is 11.9 Å². The van der Waals surface area contributed by atoms with Crippen molar-refractivity contribution in [3.8, 4) is 17.2 Å². The van der Waals surface area contributed by atoms with Gasteiger partial charge in [0, 0.05) is 29.6 Å². The van der Waals surface area contributed by atoms with E-state index < -0.39 is 23.7 Å². The van der Waals surface area contributed by atoms with Gasteiger partial charge in [0.15, 0.2) is 5.69 Å². The van der Waals surface area contributed by atoms with Gasteiger partial charge in [-0.15, -0.1) is 0 Å². The molecule has 0 spiro atoms. The van der Waals surface area contributed by atoms with Crippen LogP contribution in [0.15, 0.2) is 59.6 Å². The van der Waals surface area contributed by atoms with Gasteiger partial charge >= 0.3 is 6.18 Å². The van der Waals surface area contributed by atoms with E-state index in [1.807, 2.05) is 34.6 Å². The standard InChI is InChI=1S/C25H20F4N6OS/c26-19-10-15(9-18-21(11-30)33-34-24(18)19)14-1-4-17(5-2-14)37-35-8-7-20(22(36)13-35)32-23-6-3-16(12-31-23)25(27,28)29/h1-6,9-10,12,20,22,36H,7-8,13H2,(H,31,32)(H,33,34). The van der Waals surface area contributed by atoms with Crippen molar-refractivity contribution in [1.82, 2.24) is 19.5 Å². The maximum absolute atomic E-state index is 14.5. The van der Waals surface area contributed by atoms with Gasteiger partial charge in [0.2, 0.25) is 0 Å². The number of pyridine rings is 1. The molecule has 12 heteroatoms. The fraction of sp³-hybridized carbons (Fsp3) is 0.240. The Morgan fingerprint density at radius 1 is 1.14 bits per heavy atom. The van der Waals surface area contributed by atoms with Gasteiger partial charge in [0.05, 0.1) is 17.7 Å². The van der Waals surface area contributed by atoms with Gasteiger partial charge in [0.25, 0.3) is 0 Å². The number of nitriles is 1. The van der Waals surface area contributed by atoms with Crippen molar-refractivity contribution in [2.45, 2.75) is 29.6 Å². The first-order valence-electron chi connectivity index (χ1n) is 11.3. The summed E-state index contributed by atoms with van der Waals surface area (Å²) in [6.07, 6.45) is -3.85. The number of anilines is 1. The number of aliphatic hydroxyl groups excluding tert-OH is 1. The minimum atomic E-state index is -4.45. The first-order valence-corrected chi connectivity index (χ1v) is 12.1. The maximum Gasteiger partial charge on any atom is 0.417 e. The molecule has 1 aliphatic rings. The molecule has 4 aromatic rings. The molecule has 2 atom stereocenters. The molecule has 0 bridgehead atoms. The minimum Gasteiger partial charge on any atom is -0.390 e. The number of nitrogens with one attached hydrogen (secondary N) is 2. The monoisotopic (exact) mass is 528 g/mol. The molecule has 5 rings (SSSR count). The molecular formula is C25H20F4N6OS. The van der Waals surface area contributed by atoms with Gasteiger partial charge in [0.1, 0.15) is 23.2 Å². The molecule has 1 fully saturated rings. The molecule has 3 N–H and O–H groups in total. The molecule has 0 amide bonds. The number of alkyl halides is 3. The lowest BCUT2D eigenvalue weighted by Crippen LogP contribution is -2.47. The summed E-state index contributed by atoms with van der Waals surface area (Å²) < 4.78 is 54.6. The molecule has 3 heterocycles. The third kappa shape index (κ3) is 5.39. The summed E-state index contributed by atoms with van der Waals surface area (Å²) in [5.74, 6) is -0.211. The van der Waals surface area contributed by atoms with Crippen molar-refractivity contribution in [3.05, 3.63) is 71.8 Å². The second-order valence-electron chi connectivity index (χ2n) is 8.61. The highest BCUT2D eigenvalue weighted by atomic mass is 32.2. The Balaban J connectivity index is 1.20. The molecule has 0 aliphatic carbocycles. The van der Waals surface area contributed by atoms with E-state index in [9.17, 15) is 27.9 Å². The third-order valence-corrected chi connectivity index (χ3v) is 7.19. The largest absolute Gasteiger partial charge is 0.417 e. The Hall–Kier alpha value is -3.66. The van der Waals surface area contributed by atoms with Crippen LogP contribution in [0.4, 0.5) is 23.4 Å². The summed E-state index contributed by atoms with van der Waals surface area (Å²) in [5, 5.41) is 29.6. The van der Waals surface area contributed by atoms with Crippen molar-refractivity contribution in [2.75, 3.05) is 18.4 Å². The van der Waals surface area contributed by atoms with Crippen LogP contribution < -0.4 is 5.32 Å². The predicted molar refractivity (Wildman–Crippen MR) is 131 cm³/mol. The Morgan fingerprint density at radius 2 is 1.92 bits per heavy atom. The van der Waals surface area contributed by atoms with Crippen molar-refractivity contribution >= 4 is 28.7 Å². The quantitative estimate of drug-likeness (QED) is 0.242. The first kappa shape index (κ1) is 25.0. The fourth-order valence-electron chi connectivity index (χ4n) is 4.18. The van der Waals surface area contributed by atoms with E-state index in [-0.39, 0.29) is 23.1 Å². The van der Waals surface area contributed by atoms with Crippen LogP contribution in [0.25, 0.3) is 22.0 Å². The molecule has 0 radical (unpaired) electrons. The van der Waals surface area contributed by atoms with Crippen LogP contribution in [0.3, 0.4) is 0 Å². The molecule has 37 heavy (non-hydrogen) atoms. The number of piperidine rings is 1. The summed E-state index contributed by atoms with van der Waals surface area (Å²) in [5.41, 5.74) is 0.905. The maximum atomic E-state index is 14.5. The van der Waals surface area contributed by atoms with Gasteiger partial charge in [-0.1, -0.05) is 12.1 Å². The third-order valence-electron chi connectivity index (χ3n) is 6.12. The summed E-state index contributed by atoms with van der Waals surface area (Å²) >= 11 is 1.47. The Kier molecular flexibility index (Phi) is 6.76. The van der Waals surface area contributed by atoms with E-state index in [2.05, 4.69) is 20.5 Å². The zero-order valence-corrected chi connectivity index (χ0v) is 19.9. The Labute approximate surface area is 213 Å². The summed E-state index contributed by atoms with van der Waals surface area (Å²) in [6.45, 7) is 0.991. The van der Waals surface area contributed by atoms with Gasteiger partial charge < -0.3 is 10.4 Å². The first-order chi connectivity index (χ1) is 17.7. The zero-order valence-electron chi connectivity index (χ0n) is 19.1. The molecule has 0 saturated carbocycles. The number of rotatable bonds is 5. The van der Waals surface area contributed by atoms with Crippen molar-refractivity contribution in [2.24, 2.45) is 0 Å². The highest BCUT2D eigenvalue weighted by Gasteiger charge is 2.32. The lowest BCUT2D eigenvalue weighted by atomic mass is 10.0. The smallest absolute Gasteiger partial charge is 0.390 e. The normalized spacial score (nSPS) is 18.6. The van der Waals surface area contributed by atoms with E-state index in [1.165, 1.54) is 24.1 Å². The minimum absolute atomic E-state index is 0.133. The molecule has 1 aliphatic heterocycles. The molecular weight excluding hydrogens is 508 g/mol. The second-order valence-corrected chi connectivity index (χ2v) is 9.78. The van der Waals surface area contributed by atoms with E-state index >= 15 is 0 Å². The van der Waals surface area contributed by atoms with E-state index in [4.69, 9.17) is 0 Å². The highest BCUT2D eigenvalue weighted by molar-refractivity contribution is 7.97. The second kappa shape index (κ2) is 10.0. The Morgan fingerprint density at radius 3 is 2.57 bits per heavy atom. The zero-order chi connectivity index (χ0) is 26.2. The van der Waals surface area contributed by atoms with Gasteiger partial charge in [-0.2, -0.15) is 23.5 Å². The summed E-state index contributed by atoms with van der Waals surface area (Å²) in [4.78, 5) is 4.74. The van der Waals surface area contributed by atoms with E-state index in [0.29, 0.717) is 30.5 Å². The Bertz CT molecular complexity index is 1450. The number of nitrogens with zero attached hydrogens (tertiary/aromatic N) is 4. The summed E-state index contributed by atoms with van der Waals surface area (Å²) in [7, 11) is 0. The number of benzene rings is 2. The number of aromatic amines is 1. The number of aliphatic hydroxyl groups is 1. The lowest BCUT2D eigenvalue weighted by Gasteiger charge is -2.35. The van der Waals surface area contributed by atoms with Crippen LogP contribution in [-0.2, 0) is 6.18 Å². The fourth-order valence-corrected chi connectivity index (χ4v) is 5.16. The molecule has 7 nitrogen and oxygen atoms in total. The molecule has 1 saturated heterocycles. The van der Waals surface area contributed by atoms with Crippen molar-refractivity contribution in [1.29, 1.82) is 5.26 Å². The van der Waals surface area contributed by atoms with Crippen molar-refractivity contribution in [3.63, 3.8) is 0 Å².